The van der Waals surface area contributed by atoms with E-state index in [0.717, 1.165) is 20.3 Å². The Morgan fingerprint density at radius 1 is 1.30 bits per heavy atom. The van der Waals surface area contributed by atoms with E-state index in [0.29, 0.717) is 17.7 Å². The Bertz CT molecular complexity index is 1220. The molecule has 1 aromatic carbocycles. The lowest BCUT2D eigenvalue weighted by molar-refractivity contribution is -0.117. The number of aromatic nitrogens is 3. The average Bonchev–Trinajstić information content (AvgIpc) is 3.14. The number of anilines is 1. The number of aryl methyl sites for hydroxylation is 2. The second-order valence-electron chi connectivity index (χ2n) is 6.24. The third-order valence-electron chi connectivity index (χ3n) is 4.40. The van der Waals surface area contributed by atoms with E-state index in [1.807, 2.05) is 18.4 Å². The number of halogens is 1. The third-order valence-corrected chi connectivity index (χ3v) is 5.47. The van der Waals surface area contributed by atoms with Gasteiger partial charge in [0.2, 0.25) is 5.91 Å². The first-order valence-corrected chi connectivity index (χ1v) is 9.33. The van der Waals surface area contributed by atoms with Crippen LogP contribution in [0.4, 0.5) is 10.1 Å². The van der Waals surface area contributed by atoms with Crippen LogP contribution in [0.25, 0.3) is 21.1 Å². The Morgan fingerprint density at radius 2 is 2.04 bits per heavy atom. The van der Waals surface area contributed by atoms with Crippen LogP contribution in [0.15, 0.2) is 41.3 Å². The number of fused-ring (bicyclic) bond motifs is 3. The van der Waals surface area contributed by atoms with Crippen LogP contribution in [-0.4, -0.2) is 20.3 Å². The summed E-state index contributed by atoms with van der Waals surface area (Å²) in [7, 11) is 0. The van der Waals surface area contributed by atoms with Crippen molar-refractivity contribution >= 4 is 44.1 Å². The zero-order valence-corrected chi connectivity index (χ0v) is 15.6. The molecule has 4 rings (SSSR count). The van der Waals surface area contributed by atoms with Crippen molar-refractivity contribution in [2.75, 3.05) is 5.32 Å². The first-order chi connectivity index (χ1) is 13.0. The number of carbonyl (C=O) groups is 1. The summed E-state index contributed by atoms with van der Waals surface area (Å²) in [6, 6.07) is 7.51. The number of carbonyl (C=O) groups excluding carboxylic acids is 1. The van der Waals surface area contributed by atoms with Gasteiger partial charge in [-0.2, -0.15) is 5.10 Å². The summed E-state index contributed by atoms with van der Waals surface area (Å²) in [5.41, 5.74) is 1.74. The highest BCUT2D eigenvalue weighted by molar-refractivity contribution is 7.20. The van der Waals surface area contributed by atoms with Gasteiger partial charge in [0.1, 0.15) is 17.9 Å². The molecule has 1 amide bonds. The second-order valence-corrected chi connectivity index (χ2v) is 7.50. The molecule has 0 aliphatic heterocycles. The number of nitrogens with one attached hydrogen (secondary N) is 1. The van der Waals surface area contributed by atoms with Gasteiger partial charge in [-0.25, -0.2) is 9.07 Å². The molecule has 0 saturated heterocycles. The van der Waals surface area contributed by atoms with Gasteiger partial charge in [0.05, 0.1) is 16.4 Å². The van der Waals surface area contributed by atoms with Gasteiger partial charge < -0.3 is 9.88 Å². The molecule has 0 unspecified atom stereocenters. The molecule has 3 aromatic heterocycles. The predicted molar refractivity (Wildman–Crippen MR) is 105 cm³/mol. The Balaban J connectivity index is 1.70. The van der Waals surface area contributed by atoms with Crippen LogP contribution in [0.5, 0.6) is 0 Å². The normalized spacial score (nSPS) is 11.4. The molecule has 0 spiro atoms. The van der Waals surface area contributed by atoms with E-state index in [9.17, 15) is 14.0 Å². The van der Waals surface area contributed by atoms with Crippen LogP contribution in [0, 0.1) is 12.7 Å². The highest BCUT2D eigenvalue weighted by atomic mass is 32.1. The topological polar surface area (TPSA) is 68.9 Å². The first-order valence-electron chi connectivity index (χ1n) is 8.52. The maximum absolute atomic E-state index is 13.0. The molecule has 0 aliphatic carbocycles. The van der Waals surface area contributed by atoms with E-state index < -0.39 is 5.91 Å². The maximum Gasteiger partial charge on any atom is 0.291 e. The largest absolute Gasteiger partial charge is 0.335 e. The smallest absolute Gasteiger partial charge is 0.291 e. The van der Waals surface area contributed by atoms with Crippen molar-refractivity contribution in [2.45, 2.75) is 26.9 Å². The van der Waals surface area contributed by atoms with Crippen molar-refractivity contribution in [1.29, 1.82) is 0 Å². The molecule has 0 aliphatic rings. The SMILES string of the molecule is CCn1c2cc(C)sc2c2cnn(CC(=O)Nc3ccc(F)cc3)c(=O)c21. The molecular weight excluding hydrogens is 367 g/mol. The van der Waals surface area contributed by atoms with Gasteiger partial charge in [0.25, 0.3) is 5.56 Å². The molecule has 27 heavy (non-hydrogen) atoms. The number of hydrogen-bond donors (Lipinski definition) is 1. The van der Waals surface area contributed by atoms with Gasteiger partial charge in [0.15, 0.2) is 0 Å². The third kappa shape index (κ3) is 3.02. The summed E-state index contributed by atoms with van der Waals surface area (Å²) in [5.74, 6) is -0.783. The van der Waals surface area contributed by atoms with E-state index in [2.05, 4.69) is 16.5 Å². The molecule has 0 atom stereocenters. The average molecular weight is 384 g/mol. The summed E-state index contributed by atoms with van der Waals surface area (Å²) in [5, 5.41) is 7.64. The monoisotopic (exact) mass is 384 g/mol. The van der Waals surface area contributed by atoms with E-state index in [4.69, 9.17) is 0 Å². The standard InChI is InChI=1S/C19H17FN4O2S/c1-3-23-15-8-11(2)27-18(15)14-9-21-24(19(26)17(14)23)10-16(25)22-13-6-4-12(20)5-7-13/h4-9H,3,10H2,1-2H3,(H,22,25). The number of amides is 1. The Kier molecular flexibility index (Phi) is 4.27. The summed E-state index contributed by atoms with van der Waals surface area (Å²) >= 11 is 1.63. The van der Waals surface area contributed by atoms with Crippen molar-refractivity contribution in [3.8, 4) is 0 Å². The molecule has 138 valence electrons. The minimum absolute atomic E-state index is 0.215. The number of benzene rings is 1. The molecule has 1 N–H and O–H groups in total. The van der Waals surface area contributed by atoms with Crippen LogP contribution in [0.1, 0.15) is 11.8 Å². The van der Waals surface area contributed by atoms with Crippen LogP contribution >= 0.6 is 11.3 Å². The number of hydrogen-bond acceptors (Lipinski definition) is 4. The van der Waals surface area contributed by atoms with Crippen LogP contribution in [-0.2, 0) is 17.9 Å². The summed E-state index contributed by atoms with van der Waals surface area (Å²) < 4.78 is 17.1. The number of thiophene rings is 1. The molecule has 8 heteroatoms. The van der Waals surface area contributed by atoms with Gasteiger partial charge in [0, 0.05) is 22.5 Å². The molecule has 0 bridgehead atoms. The minimum atomic E-state index is -0.400. The molecule has 3 heterocycles. The number of rotatable bonds is 4. The summed E-state index contributed by atoms with van der Waals surface area (Å²) in [6.07, 6.45) is 1.65. The highest BCUT2D eigenvalue weighted by Crippen LogP contribution is 2.33. The molecule has 6 nitrogen and oxygen atoms in total. The summed E-state index contributed by atoms with van der Waals surface area (Å²) in [4.78, 5) is 26.4. The highest BCUT2D eigenvalue weighted by Gasteiger charge is 2.18. The van der Waals surface area contributed by atoms with E-state index in [1.165, 1.54) is 29.1 Å². The van der Waals surface area contributed by atoms with Crippen molar-refractivity contribution in [3.05, 3.63) is 57.6 Å². The molecular formula is C19H17FN4O2S. The Labute approximate surface area is 157 Å². The quantitative estimate of drug-likeness (QED) is 0.585. The maximum atomic E-state index is 13.0. The molecule has 0 fully saturated rings. The lowest BCUT2D eigenvalue weighted by atomic mass is 10.3. The van der Waals surface area contributed by atoms with Gasteiger partial charge in [-0.05, 0) is 44.2 Å². The zero-order chi connectivity index (χ0) is 19.1. The molecule has 4 aromatic rings. The van der Waals surface area contributed by atoms with Crippen molar-refractivity contribution < 1.29 is 9.18 Å². The Morgan fingerprint density at radius 3 is 2.74 bits per heavy atom. The molecule has 0 radical (unpaired) electrons. The van der Waals surface area contributed by atoms with E-state index in [1.54, 1.807) is 17.5 Å². The lowest BCUT2D eigenvalue weighted by Gasteiger charge is -2.08. The van der Waals surface area contributed by atoms with Crippen LogP contribution in [0.2, 0.25) is 0 Å². The van der Waals surface area contributed by atoms with Gasteiger partial charge in [-0.3, -0.25) is 9.59 Å². The van der Waals surface area contributed by atoms with Crippen molar-refractivity contribution in [3.63, 3.8) is 0 Å². The Hall–Kier alpha value is -3.00. The first kappa shape index (κ1) is 17.4. The van der Waals surface area contributed by atoms with Crippen LogP contribution in [0.3, 0.4) is 0 Å². The minimum Gasteiger partial charge on any atom is -0.335 e. The fraction of sp³-hybridized carbons (Fsp3) is 0.211. The second kappa shape index (κ2) is 6.62. The lowest BCUT2D eigenvalue weighted by Crippen LogP contribution is -2.30. The van der Waals surface area contributed by atoms with Gasteiger partial charge in [-0.1, -0.05) is 0 Å². The molecule has 0 saturated carbocycles. The van der Waals surface area contributed by atoms with E-state index in [-0.39, 0.29) is 17.9 Å². The fourth-order valence-corrected chi connectivity index (χ4v) is 4.26. The summed E-state index contributed by atoms with van der Waals surface area (Å²) in [6.45, 7) is 4.45. The number of nitrogens with zero attached hydrogens (tertiary/aromatic N) is 3. The van der Waals surface area contributed by atoms with Crippen molar-refractivity contribution in [2.24, 2.45) is 0 Å². The van der Waals surface area contributed by atoms with Crippen molar-refractivity contribution in [1.82, 2.24) is 14.3 Å². The fourth-order valence-electron chi connectivity index (χ4n) is 3.23. The predicted octanol–water partition coefficient (Wildman–Crippen LogP) is 3.52. The zero-order valence-electron chi connectivity index (χ0n) is 14.8. The van der Waals surface area contributed by atoms with Gasteiger partial charge >= 0.3 is 0 Å². The van der Waals surface area contributed by atoms with Gasteiger partial charge in [-0.15, -0.1) is 11.3 Å². The van der Waals surface area contributed by atoms with E-state index >= 15 is 0 Å². The van der Waals surface area contributed by atoms with Crippen LogP contribution < -0.4 is 10.9 Å².